The summed E-state index contributed by atoms with van der Waals surface area (Å²) in [7, 11) is 1.77. The molecule has 148 valence electrons. The minimum atomic E-state index is 0.130. The lowest BCUT2D eigenvalue weighted by molar-refractivity contribution is 0.242. The van der Waals surface area contributed by atoms with Gasteiger partial charge in [0.15, 0.2) is 0 Å². The summed E-state index contributed by atoms with van der Waals surface area (Å²) >= 11 is 0. The van der Waals surface area contributed by atoms with Crippen LogP contribution in [0.5, 0.6) is 11.5 Å². The van der Waals surface area contributed by atoms with Gasteiger partial charge in [-0.2, -0.15) is 0 Å². The van der Waals surface area contributed by atoms with E-state index in [4.69, 9.17) is 9.47 Å². The summed E-state index contributed by atoms with van der Waals surface area (Å²) in [4.78, 5) is 0. The third kappa shape index (κ3) is 2.96. The van der Waals surface area contributed by atoms with Gasteiger partial charge in [0.2, 0.25) is 0 Å². The zero-order chi connectivity index (χ0) is 20.0. The Balaban J connectivity index is 1.70. The first-order chi connectivity index (χ1) is 14.2. The summed E-state index contributed by atoms with van der Waals surface area (Å²) in [6.07, 6.45) is 5.88. The van der Waals surface area contributed by atoms with Crippen molar-refractivity contribution in [3.8, 4) is 11.5 Å². The lowest BCUT2D eigenvalue weighted by Crippen LogP contribution is -2.30. The summed E-state index contributed by atoms with van der Waals surface area (Å²) < 4.78 is 12.0. The topological polar surface area (TPSA) is 30.5 Å². The van der Waals surface area contributed by atoms with E-state index in [-0.39, 0.29) is 12.1 Å². The zero-order valence-electron chi connectivity index (χ0n) is 17.2. The average Bonchev–Trinajstić information content (AvgIpc) is 3.23. The molecule has 0 spiro atoms. The van der Waals surface area contributed by atoms with Crippen molar-refractivity contribution in [2.75, 3.05) is 12.4 Å². The summed E-state index contributed by atoms with van der Waals surface area (Å²) in [6, 6.07) is 19.4. The lowest BCUT2D eigenvalue weighted by Gasteiger charge is -2.39. The molecule has 3 aromatic rings. The van der Waals surface area contributed by atoms with E-state index in [0.29, 0.717) is 11.8 Å². The van der Waals surface area contributed by atoms with Crippen LogP contribution < -0.4 is 14.8 Å². The number of rotatable bonds is 4. The first kappa shape index (κ1) is 18.1. The van der Waals surface area contributed by atoms with E-state index in [2.05, 4.69) is 85.9 Å². The van der Waals surface area contributed by atoms with Crippen LogP contribution >= 0.6 is 0 Å². The quantitative estimate of drug-likeness (QED) is 0.523. The van der Waals surface area contributed by atoms with Crippen LogP contribution in [0.4, 0.5) is 5.69 Å². The Hall–Kier alpha value is -2.94. The maximum absolute atomic E-state index is 6.17. The first-order valence-corrected chi connectivity index (χ1v) is 10.5. The van der Waals surface area contributed by atoms with Crippen LogP contribution in [0, 0.1) is 5.92 Å². The van der Waals surface area contributed by atoms with E-state index in [0.717, 1.165) is 23.6 Å². The number of ether oxygens (including phenoxy) is 2. The normalized spacial score (nSPS) is 22.3. The molecule has 3 unspecified atom stereocenters. The Labute approximate surface area is 172 Å². The Bertz CT molecular complexity index is 1090. The van der Waals surface area contributed by atoms with Gasteiger partial charge in [-0.1, -0.05) is 54.6 Å². The fourth-order valence-corrected chi connectivity index (χ4v) is 5.01. The van der Waals surface area contributed by atoms with Crippen molar-refractivity contribution in [2.45, 2.75) is 38.3 Å². The number of anilines is 1. The maximum Gasteiger partial charge on any atom is 0.143 e. The van der Waals surface area contributed by atoms with Crippen molar-refractivity contribution in [3.63, 3.8) is 0 Å². The van der Waals surface area contributed by atoms with Gasteiger partial charge in [0.25, 0.3) is 0 Å². The predicted octanol–water partition coefficient (Wildman–Crippen LogP) is 6.46. The molecule has 3 nitrogen and oxygen atoms in total. The second-order valence-electron chi connectivity index (χ2n) is 8.27. The number of para-hydroxylation sites is 1. The molecule has 0 saturated carbocycles. The molecule has 0 bridgehead atoms. The highest BCUT2D eigenvalue weighted by molar-refractivity contribution is 5.89. The smallest absolute Gasteiger partial charge is 0.143 e. The third-order valence-corrected chi connectivity index (χ3v) is 6.18. The van der Waals surface area contributed by atoms with E-state index in [1.54, 1.807) is 7.11 Å². The van der Waals surface area contributed by atoms with Crippen LogP contribution in [0.2, 0.25) is 0 Å². The molecule has 3 atom stereocenters. The maximum atomic E-state index is 6.17. The molecular weight excluding hydrogens is 358 g/mol. The first-order valence-electron chi connectivity index (χ1n) is 10.5. The Morgan fingerprint density at radius 2 is 1.83 bits per heavy atom. The van der Waals surface area contributed by atoms with Gasteiger partial charge in [-0.15, -0.1) is 0 Å². The minimum absolute atomic E-state index is 0.130. The Morgan fingerprint density at radius 1 is 0.966 bits per heavy atom. The standard InChI is InChI=1S/C26H27NO2/c1-16(2)29-23-13-7-12-20-19-10-6-11-21(19)26(27-25(20)23)24-18-9-5-4-8-17(18)14-15-22(24)28-3/h4-10,12-16,19,21,26-27H,11H2,1-3H3. The number of fused-ring (bicyclic) bond motifs is 4. The molecule has 1 N–H and O–H groups in total. The molecule has 29 heavy (non-hydrogen) atoms. The van der Waals surface area contributed by atoms with E-state index < -0.39 is 0 Å². The zero-order valence-corrected chi connectivity index (χ0v) is 17.2. The van der Waals surface area contributed by atoms with Gasteiger partial charge in [0, 0.05) is 11.5 Å². The van der Waals surface area contributed by atoms with Crippen LogP contribution in [0.3, 0.4) is 0 Å². The van der Waals surface area contributed by atoms with Crippen LogP contribution in [0.1, 0.15) is 43.4 Å². The van der Waals surface area contributed by atoms with Crippen molar-refractivity contribution < 1.29 is 9.47 Å². The molecule has 2 aliphatic rings. The molecule has 5 rings (SSSR count). The molecule has 0 amide bonds. The molecule has 0 radical (unpaired) electrons. The van der Waals surface area contributed by atoms with Crippen molar-refractivity contribution in [2.24, 2.45) is 5.92 Å². The Morgan fingerprint density at radius 3 is 2.66 bits per heavy atom. The summed E-state index contributed by atoms with van der Waals surface area (Å²) in [5, 5.41) is 6.37. The largest absolute Gasteiger partial charge is 0.496 e. The highest BCUT2D eigenvalue weighted by Crippen LogP contribution is 2.54. The molecule has 1 aliphatic heterocycles. The van der Waals surface area contributed by atoms with Crippen molar-refractivity contribution in [1.29, 1.82) is 0 Å². The van der Waals surface area contributed by atoms with Crippen molar-refractivity contribution in [3.05, 3.63) is 77.9 Å². The van der Waals surface area contributed by atoms with Gasteiger partial charge >= 0.3 is 0 Å². The summed E-state index contributed by atoms with van der Waals surface area (Å²) in [5.41, 5.74) is 3.70. The highest BCUT2D eigenvalue weighted by Gasteiger charge is 2.40. The molecule has 1 heterocycles. The van der Waals surface area contributed by atoms with Crippen molar-refractivity contribution in [1.82, 2.24) is 0 Å². The summed E-state index contributed by atoms with van der Waals surface area (Å²) in [6.45, 7) is 4.15. The fraction of sp³-hybridized carbons (Fsp3) is 0.308. The molecule has 0 fully saturated rings. The van der Waals surface area contributed by atoms with E-state index in [9.17, 15) is 0 Å². The molecular formula is C26H27NO2. The van der Waals surface area contributed by atoms with Crippen molar-refractivity contribution >= 4 is 16.5 Å². The van der Waals surface area contributed by atoms with Crippen LogP contribution in [0.25, 0.3) is 10.8 Å². The van der Waals surface area contributed by atoms with Crippen LogP contribution in [-0.2, 0) is 0 Å². The number of hydrogen-bond acceptors (Lipinski definition) is 3. The van der Waals surface area contributed by atoms with E-state index >= 15 is 0 Å². The van der Waals surface area contributed by atoms with Crippen LogP contribution in [-0.4, -0.2) is 13.2 Å². The van der Waals surface area contributed by atoms with Crippen LogP contribution in [0.15, 0.2) is 66.7 Å². The van der Waals surface area contributed by atoms with Gasteiger partial charge in [-0.25, -0.2) is 0 Å². The molecule has 1 aliphatic carbocycles. The number of nitrogens with one attached hydrogen (secondary N) is 1. The monoisotopic (exact) mass is 385 g/mol. The molecule has 3 aromatic carbocycles. The Kier molecular flexibility index (Phi) is 4.46. The number of methoxy groups -OCH3 is 1. The van der Waals surface area contributed by atoms with Gasteiger partial charge in [-0.3, -0.25) is 0 Å². The fourth-order valence-electron chi connectivity index (χ4n) is 5.01. The summed E-state index contributed by atoms with van der Waals surface area (Å²) in [5.74, 6) is 2.71. The third-order valence-electron chi connectivity index (χ3n) is 6.18. The number of allylic oxidation sites excluding steroid dienone is 2. The second kappa shape index (κ2) is 7.14. The van der Waals surface area contributed by atoms with Gasteiger partial charge in [0.1, 0.15) is 11.5 Å². The number of hydrogen-bond donors (Lipinski definition) is 1. The predicted molar refractivity (Wildman–Crippen MR) is 119 cm³/mol. The van der Waals surface area contributed by atoms with Gasteiger partial charge in [0.05, 0.1) is 24.9 Å². The molecule has 0 aromatic heterocycles. The van der Waals surface area contributed by atoms with Gasteiger partial charge in [-0.05, 0) is 54.7 Å². The van der Waals surface area contributed by atoms with E-state index in [1.807, 2.05) is 0 Å². The molecule has 0 saturated heterocycles. The number of benzene rings is 3. The highest BCUT2D eigenvalue weighted by atomic mass is 16.5. The average molecular weight is 386 g/mol. The second-order valence-corrected chi connectivity index (χ2v) is 8.27. The molecule has 3 heteroatoms. The van der Waals surface area contributed by atoms with E-state index in [1.165, 1.54) is 21.9 Å². The minimum Gasteiger partial charge on any atom is -0.496 e. The van der Waals surface area contributed by atoms with Gasteiger partial charge < -0.3 is 14.8 Å². The lowest BCUT2D eigenvalue weighted by atomic mass is 9.75. The SMILES string of the molecule is COc1ccc2ccccc2c1C1Nc2c(OC(C)C)cccc2C2C=CCC21.